The van der Waals surface area contributed by atoms with Gasteiger partial charge in [0.25, 0.3) is 0 Å². The maximum absolute atomic E-state index is 10.6. The molecule has 0 radical (unpaired) electrons. The molecule has 0 aromatic carbocycles. The first-order valence-corrected chi connectivity index (χ1v) is 10.2. The fourth-order valence-corrected chi connectivity index (χ4v) is 4.80. The van der Waals surface area contributed by atoms with Crippen LogP contribution in [0.5, 0.6) is 0 Å². The zero-order chi connectivity index (χ0) is 19.1. The summed E-state index contributed by atoms with van der Waals surface area (Å²) >= 11 is 0. The number of aliphatic hydroxyl groups is 1. The van der Waals surface area contributed by atoms with Gasteiger partial charge in [-0.15, -0.1) is 0 Å². The number of allylic oxidation sites excluding steroid dienone is 5. The van der Waals surface area contributed by atoms with Crippen LogP contribution in [0.2, 0.25) is 0 Å². The molecule has 0 heterocycles. The van der Waals surface area contributed by atoms with E-state index in [4.69, 9.17) is 5.11 Å². The predicted octanol–water partition coefficient (Wildman–Crippen LogP) is 5.51. The third-order valence-corrected chi connectivity index (χ3v) is 6.13. The second kappa shape index (κ2) is 10.1. The summed E-state index contributed by atoms with van der Waals surface area (Å²) in [6.07, 6.45) is 16.3. The molecule has 2 N–H and O–H groups in total. The molecule has 0 amide bonds. The fourth-order valence-electron chi connectivity index (χ4n) is 4.80. The predicted molar refractivity (Wildman–Crippen MR) is 107 cm³/mol. The van der Waals surface area contributed by atoms with Crippen LogP contribution < -0.4 is 0 Å². The molecule has 0 spiro atoms. The molecule has 1 unspecified atom stereocenters. The number of hydrogen-bond acceptors (Lipinski definition) is 2. The van der Waals surface area contributed by atoms with Crippen molar-refractivity contribution in [3.8, 4) is 0 Å². The molecule has 0 aromatic heterocycles. The summed E-state index contributed by atoms with van der Waals surface area (Å²) in [5, 5.41) is 19.2. The van der Waals surface area contributed by atoms with Crippen molar-refractivity contribution in [2.75, 3.05) is 0 Å². The van der Waals surface area contributed by atoms with Gasteiger partial charge in [0, 0.05) is 12.3 Å². The Morgan fingerprint density at radius 1 is 1.08 bits per heavy atom. The van der Waals surface area contributed by atoms with Gasteiger partial charge in [-0.2, -0.15) is 0 Å². The highest BCUT2D eigenvalue weighted by Gasteiger charge is 2.46. The minimum atomic E-state index is -0.686. The molecule has 0 aliphatic heterocycles. The molecular formula is C23H36O3. The topological polar surface area (TPSA) is 57.5 Å². The van der Waals surface area contributed by atoms with E-state index in [1.54, 1.807) is 0 Å². The van der Waals surface area contributed by atoms with E-state index < -0.39 is 5.97 Å². The van der Waals surface area contributed by atoms with Crippen molar-refractivity contribution < 1.29 is 15.0 Å². The van der Waals surface area contributed by atoms with E-state index in [0.29, 0.717) is 18.3 Å². The summed E-state index contributed by atoms with van der Waals surface area (Å²) in [6.45, 7) is 6.37. The van der Waals surface area contributed by atoms with E-state index >= 15 is 0 Å². The highest BCUT2D eigenvalue weighted by molar-refractivity contribution is 5.66. The van der Waals surface area contributed by atoms with Crippen LogP contribution in [0, 0.1) is 23.7 Å². The van der Waals surface area contributed by atoms with Crippen LogP contribution in [-0.4, -0.2) is 22.3 Å². The van der Waals surface area contributed by atoms with E-state index in [-0.39, 0.29) is 12.0 Å². The number of carbonyl (C=O) groups is 1. The minimum absolute atomic E-state index is 0.195. The molecule has 26 heavy (non-hydrogen) atoms. The first kappa shape index (κ1) is 21.0. The standard InChI is InChI=1S/C23H36O3/c1-16(2)7-6-8-17(3)11-12-20-21-14-18(9-4-5-10-23(25)26)13-19(21)15-22(20)24/h7-8,11-12,18-22,24H,4-6,9-10,13-15H2,1-3H3,(H,25,26)/b12-11+,17-8+/t18?,19-,20+,21-,22+/m0/s1. The van der Waals surface area contributed by atoms with Crippen LogP contribution in [0.3, 0.4) is 0 Å². The van der Waals surface area contributed by atoms with E-state index in [1.807, 2.05) is 0 Å². The first-order valence-electron chi connectivity index (χ1n) is 10.2. The van der Waals surface area contributed by atoms with Crippen molar-refractivity contribution >= 4 is 5.97 Å². The van der Waals surface area contributed by atoms with Gasteiger partial charge in [0.05, 0.1) is 6.10 Å². The molecule has 2 aliphatic carbocycles. The van der Waals surface area contributed by atoms with Gasteiger partial charge in [-0.25, -0.2) is 0 Å². The number of fused-ring (bicyclic) bond motifs is 1. The van der Waals surface area contributed by atoms with Crippen molar-refractivity contribution in [1.82, 2.24) is 0 Å². The maximum atomic E-state index is 10.6. The van der Waals surface area contributed by atoms with Crippen molar-refractivity contribution in [3.63, 3.8) is 0 Å². The summed E-state index contributed by atoms with van der Waals surface area (Å²) in [4.78, 5) is 10.6. The Balaban J connectivity index is 1.83. The number of aliphatic hydroxyl groups excluding tert-OH is 1. The molecular weight excluding hydrogens is 324 g/mol. The third-order valence-electron chi connectivity index (χ3n) is 6.13. The third kappa shape index (κ3) is 6.42. The lowest BCUT2D eigenvalue weighted by Crippen LogP contribution is -2.17. The van der Waals surface area contributed by atoms with Crippen LogP contribution in [0.15, 0.2) is 35.5 Å². The summed E-state index contributed by atoms with van der Waals surface area (Å²) in [6, 6.07) is 0. The number of hydrogen-bond donors (Lipinski definition) is 2. The average Bonchev–Trinajstić information content (AvgIpc) is 3.05. The highest BCUT2D eigenvalue weighted by atomic mass is 16.4. The first-order chi connectivity index (χ1) is 12.4. The van der Waals surface area contributed by atoms with E-state index in [0.717, 1.165) is 38.0 Å². The highest BCUT2D eigenvalue weighted by Crippen LogP contribution is 2.51. The summed E-state index contributed by atoms with van der Waals surface area (Å²) in [7, 11) is 0. The van der Waals surface area contributed by atoms with Gasteiger partial charge >= 0.3 is 5.97 Å². The largest absolute Gasteiger partial charge is 0.481 e. The number of carboxylic acid groups (broad SMARTS) is 1. The molecule has 2 fully saturated rings. The van der Waals surface area contributed by atoms with Gasteiger partial charge in [-0.3, -0.25) is 4.79 Å². The molecule has 0 aromatic rings. The lowest BCUT2D eigenvalue weighted by molar-refractivity contribution is -0.137. The molecule has 3 nitrogen and oxygen atoms in total. The molecule has 2 saturated carbocycles. The summed E-state index contributed by atoms with van der Waals surface area (Å²) in [5.41, 5.74) is 2.61. The molecule has 5 atom stereocenters. The van der Waals surface area contributed by atoms with Gasteiger partial charge in [-0.05, 0) is 70.6 Å². The molecule has 0 bridgehead atoms. The molecule has 146 valence electrons. The van der Waals surface area contributed by atoms with Crippen molar-refractivity contribution in [3.05, 3.63) is 35.5 Å². The lowest BCUT2D eigenvalue weighted by Gasteiger charge is -2.18. The quantitative estimate of drug-likeness (QED) is 0.324. The molecule has 3 heteroatoms. The van der Waals surface area contributed by atoms with Gasteiger partial charge in [-0.1, -0.05) is 48.3 Å². The van der Waals surface area contributed by atoms with Crippen LogP contribution in [-0.2, 0) is 4.79 Å². The normalized spacial score (nSPS) is 31.4. The zero-order valence-electron chi connectivity index (χ0n) is 16.7. The van der Waals surface area contributed by atoms with Crippen molar-refractivity contribution in [2.45, 2.75) is 78.2 Å². The Morgan fingerprint density at radius 3 is 2.54 bits per heavy atom. The zero-order valence-corrected chi connectivity index (χ0v) is 16.7. The number of rotatable bonds is 9. The monoisotopic (exact) mass is 360 g/mol. The van der Waals surface area contributed by atoms with Gasteiger partial charge in [0.2, 0.25) is 0 Å². The Kier molecular flexibility index (Phi) is 8.15. The van der Waals surface area contributed by atoms with E-state index in [1.165, 1.54) is 24.0 Å². The van der Waals surface area contributed by atoms with E-state index in [2.05, 4.69) is 45.1 Å². The van der Waals surface area contributed by atoms with Crippen LogP contribution in [0.25, 0.3) is 0 Å². The van der Waals surface area contributed by atoms with E-state index in [9.17, 15) is 9.90 Å². The van der Waals surface area contributed by atoms with Crippen LogP contribution >= 0.6 is 0 Å². The SMILES string of the molecule is CC(C)=CC/C=C(C)/C=C/[C@@H]1[C@H]2CC(CCCCC(=O)O)C[C@H]2C[C@H]1O. The second-order valence-electron chi connectivity index (χ2n) is 8.61. The second-order valence-corrected chi connectivity index (χ2v) is 8.61. The number of carboxylic acids is 1. The average molecular weight is 361 g/mol. The Labute approximate surface area is 158 Å². The van der Waals surface area contributed by atoms with Gasteiger partial charge in [0.15, 0.2) is 0 Å². The van der Waals surface area contributed by atoms with Crippen LogP contribution in [0.1, 0.15) is 72.1 Å². The van der Waals surface area contributed by atoms with Gasteiger partial charge < -0.3 is 10.2 Å². The molecule has 2 rings (SSSR count). The summed E-state index contributed by atoms with van der Waals surface area (Å²) < 4.78 is 0. The molecule has 0 saturated heterocycles. The van der Waals surface area contributed by atoms with Crippen molar-refractivity contribution in [1.29, 1.82) is 0 Å². The Morgan fingerprint density at radius 2 is 1.85 bits per heavy atom. The minimum Gasteiger partial charge on any atom is -0.481 e. The smallest absolute Gasteiger partial charge is 0.303 e. The lowest BCUT2D eigenvalue weighted by atomic mass is 9.89. The fraction of sp³-hybridized carbons (Fsp3) is 0.696. The van der Waals surface area contributed by atoms with Gasteiger partial charge in [0.1, 0.15) is 0 Å². The number of unbranched alkanes of at least 4 members (excludes halogenated alkanes) is 1. The Hall–Kier alpha value is -1.35. The van der Waals surface area contributed by atoms with Crippen molar-refractivity contribution in [2.24, 2.45) is 23.7 Å². The maximum Gasteiger partial charge on any atom is 0.303 e. The Bertz CT molecular complexity index is 554. The van der Waals surface area contributed by atoms with Crippen LogP contribution in [0.4, 0.5) is 0 Å². The number of aliphatic carboxylic acids is 1. The summed E-state index contributed by atoms with van der Waals surface area (Å²) in [5.74, 6) is 1.58. The molecule has 2 aliphatic rings.